The fraction of sp³-hybridized carbons (Fsp3) is 0.333. The predicted octanol–water partition coefficient (Wildman–Crippen LogP) is 2.36. The van der Waals surface area contributed by atoms with E-state index < -0.39 is 9.84 Å². The van der Waals surface area contributed by atoms with E-state index in [1.54, 1.807) is 12.3 Å². The Kier molecular flexibility index (Phi) is 4.76. The van der Waals surface area contributed by atoms with Crippen LogP contribution >= 0.6 is 0 Å². The summed E-state index contributed by atoms with van der Waals surface area (Å²) in [6, 6.07) is 7.42. The molecule has 0 bridgehead atoms. The van der Waals surface area contributed by atoms with Gasteiger partial charge in [-0.1, -0.05) is 6.07 Å². The van der Waals surface area contributed by atoms with Crippen molar-refractivity contribution in [3.05, 3.63) is 53.3 Å². The minimum Gasteiger partial charge on any atom is -0.354 e. The first-order valence-corrected chi connectivity index (χ1v) is 9.95. The number of hydrogen-bond acceptors (Lipinski definition) is 5. The molecule has 3 rings (SSSR count). The van der Waals surface area contributed by atoms with Crippen LogP contribution in [0.25, 0.3) is 0 Å². The predicted molar refractivity (Wildman–Crippen MR) is 98.0 cm³/mol. The first kappa shape index (κ1) is 17.4. The Morgan fingerprint density at radius 2 is 1.92 bits per heavy atom. The van der Waals surface area contributed by atoms with Crippen LogP contribution in [0.2, 0.25) is 0 Å². The van der Waals surface area contributed by atoms with Crippen molar-refractivity contribution in [3.8, 4) is 0 Å². The number of nitrogens with one attached hydrogen (secondary N) is 2. The molecule has 0 spiro atoms. The van der Waals surface area contributed by atoms with Crippen molar-refractivity contribution < 1.29 is 13.2 Å². The lowest BCUT2D eigenvalue weighted by atomic mass is 10.1. The molecule has 6 nitrogen and oxygen atoms in total. The summed E-state index contributed by atoms with van der Waals surface area (Å²) in [5.41, 5.74) is 4.41. The van der Waals surface area contributed by atoms with E-state index in [0.717, 1.165) is 5.69 Å². The molecule has 2 aromatic rings. The molecule has 7 heteroatoms. The summed E-state index contributed by atoms with van der Waals surface area (Å²) >= 11 is 0. The van der Waals surface area contributed by atoms with E-state index in [1.165, 1.54) is 17.3 Å². The molecule has 0 aliphatic carbocycles. The molecule has 1 fully saturated rings. The van der Waals surface area contributed by atoms with Crippen molar-refractivity contribution in [2.45, 2.75) is 26.3 Å². The first-order chi connectivity index (χ1) is 11.8. The zero-order valence-corrected chi connectivity index (χ0v) is 15.1. The van der Waals surface area contributed by atoms with Gasteiger partial charge in [-0.2, -0.15) is 0 Å². The minimum absolute atomic E-state index is 0.00670. The molecule has 1 amide bonds. The number of sulfone groups is 1. The highest BCUT2D eigenvalue weighted by Crippen LogP contribution is 2.20. The molecule has 25 heavy (non-hydrogen) atoms. The quantitative estimate of drug-likeness (QED) is 0.875. The topological polar surface area (TPSA) is 88.2 Å². The number of carbonyl (C=O) groups is 1. The van der Waals surface area contributed by atoms with E-state index in [-0.39, 0.29) is 23.5 Å². The van der Waals surface area contributed by atoms with Crippen molar-refractivity contribution in [3.63, 3.8) is 0 Å². The summed E-state index contributed by atoms with van der Waals surface area (Å²) in [5.74, 6) is -0.171. The summed E-state index contributed by atoms with van der Waals surface area (Å²) in [6.45, 7) is 4.09. The number of nitrogens with zero attached hydrogens (tertiary/aromatic N) is 1. The molecule has 1 aliphatic heterocycles. The van der Waals surface area contributed by atoms with E-state index in [0.29, 0.717) is 17.7 Å². The number of anilines is 2. The first-order valence-electron chi connectivity index (χ1n) is 8.13. The molecule has 1 aromatic heterocycles. The third kappa shape index (κ3) is 4.36. The second-order valence-corrected chi connectivity index (χ2v) is 8.69. The Bertz CT molecular complexity index is 910. The fourth-order valence-electron chi connectivity index (χ4n) is 2.80. The molecule has 2 N–H and O–H groups in total. The molecular formula is C18H21N3O3S. The standard InChI is InChI=1S/C18H21N3O3S/c1-12-3-4-15(7-13(12)2)20-17-8-14(9-19-10-17)18(22)21-16-5-6-25(23,24)11-16/h3-4,7-10,16,20H,5-6,11H2,1-2H3,(H,21,22). The Labute approximate surface area is 147 Å². The molecule has 1 saturated heterocycles. The van der Waals surface area contributed by atoms with Gasteiger partial charge in [0.1, 0.15) is 0 Å². The van der Waals surface area contributed by atoms with Crippen LogP contribution in [0.5, 0.6) is 0 Å². The van der Waals surface area contributed by atoms with E-state index >= 15 is 0 Å². The van der Waals surface area contributed by atoms with Crippen LogP contribution in [0.15, 0.2) is 36.7 Å². The van der Waals surface area contributed by atoms with Crippen LogP contribution in [-0.2, 0) is 9.84 Å². The van der Waals surface area contributed by atoms with E-state index in [9.17, 15) is 13.2 Å². The molecule has 0 radical (unpaired) electrons. The van der Waals surface area contributed by atoms with Crippen LogP contribution in [0.3, 0.4) is 0 Å². The monoisotopic (exact) mass is 359 g/mol. The van der Waals surface area contributed by atoms with E-state index in [2.05, 4.69) is 22.5 Å². The summed E-state index contributed by atoms with van der Waals surface area (Å²) in [6.07, 6.45) is 3.58. The van der Waals surface area contributed by atoms with Crippen LogP contribution in [0, 0.1) is 13.8 Å². The van der Waals surface area contributed by atoms with Crippen LogP contribution < -0.4 is 10.6 Å². The third-order valence-electron chi connectivity index (χ3n) is 4.36. The molecule has 2 heterocycles. The largest absolute Gasteiger partial charge is 0.354 e. The normalized spacial score (nSPS) is 18.7. The second-order valence-electron chi connectivity index (χ2n) is 6.46. The lowest BCUT2D eigenvalue weighted by molar-refractivity contribution is 0.0941. The molecule has 0 saturated carbocycles. The van der Waals surface area contributed by atoms with Crippen molar-refractivity contribution in [2.24, 2.45) is 0 Å². The van der Waals surface area contributed by atoms with Gasteiger partial charge in [-0.25, -0.2) is 8.42 Å². The van der Waals surface area contributed by atoms with Gasteiger partial charge in [-0.3, -0.25) is 9.78 Å². The second kappa shape index (κ2) is 6.84. The zero-order chi connectivity index (χ0) is 18.0. The number of aromatic nitrogens is 1. The van der Waals surface area contributed by atoms with Crippen LogP contribution in [0.4, 0.5) is 11.4 Å². The average Bonchev–Trinajstić information content (AvgIpc) is 2.90. The summed E-state index contributed by atoms with van der Waals surface area (Å²) in [5, 5.41) is 6.01. The maximum Gasteiger partial charge on any atom is 0.253 e. The van der Waals surface area contributed by atoms with Crippen molar-refractivity contribution >= 4 is 27.1 Å². The number of carbonyl (C=O) groups excluding carboxylic acids is 1. The highest BCUT2D eigenvalue weighted by Gasteiger charge is 2.29. The molecular weight excluding hydrogens is 338 g/mol. The Hall–Kier alpha value is -2.41. The molecule has 1 aromatic carbocycles. The molecule has 1 aliphatic rings. The zero-order valence-electron chi connectivity index (χ0n) is 14.2. The molecule has 132 valence electrons. The SMILES string of the molecule is Cc1ccc(Nc2cncc(C(=O)NC3CCS(=O)(=O)C3)c2)cc1C. The van der Waals surface area contributed by atoms with Gasteiger partial charge in [0.15, 0.2) is 9.84 Å². The maximum atomic E-state index is 12.3. The number of hydrogen-bond donors (Lipinski definition) is 2. The van der Waals surface area contributed by atoms with Gasteiger partial charge < -0.3 is 10.6 Å². The summed E-state index contributed by atoms with van der Waals surface area (Å²) in [4.78, 5) is 16.4. The van der Waals surface area contributed by atoms with Gasteiger partial charge in [0.25, 0.3) is 5.91 Å². The highest BCUT2D eigenvalue weighted by molar-refractivity contribution is 7.91. The highest BCUT2D eigenvalue weighted by atomic mass is 32.2. The minimum atomic E-state index is -3.02. The molecule has 1 unspecified atom stereocenters. The number of amides is 1. The molecule has 1 atom stereocenters. The van der Waals surface area contributed by atoms with Crippen molar-refractivity contribution in [1.82, 2.24) is 10.3 Å². The van der Waals surface area contributed by atoms with Gasteiger partial charge in [0, 0.05) is 17.9 Å². The van der Waals surface area contributed by atoms with Gasteiger partial charge in [0.05, 0.1) is 29.0 Å². The van der Waals surface area contributed by atoms with Gasteiger partial charge in [-0.05, 0) is 49.6 Å². The number of pyridine rings is 1. The fourth-order valence-corrected chi connectivity index (χ4v) is 4.47. The summed E-state index contributed by atoms with van der Waals surface area (Å²) < 4.78 is 23.0. The Morgan fingerprint density at radius 3 is 2.60 bits per heavy atom. The number of rotatable bonds is 4. The number of benzene rings is 1. The van der Waals surface area contributed by atoms with Crippen molar-refractivity contribution in [1.29, 1.82) is 0 Å². The summed E-state index contributed by atoms with van der Waals surface area (Å²) in [7, 11) is -3.02. The van der Waals surface area contributed by atoms with Crippen LogP contribution in [-0.4, -0.2) is 36.9 Å². The van der Waals surface area contributed by atoms with Crippen LogP contribution in [0.1, 0.15) is 27.9 Å². The lowest BCUT2D eigenvalue weighted by Gasteiger charge is -2.12. The van der Waals surface area contributed by atoms with E-state index in [1.807, 2.05) is 25.1 Å². The Balaban J connectivity index is 1.70. The smallest absolute Gasteiger partial charge is 0.253 e. The lowest BCUT2D eigenvalue weighted by Crippen LogP contribution is -2.35. The van der Waals surface area contributed by atoms with Gasteiger partial charge in [-0.15, -0.1) is 0 Å². The van der Waals surface area contributed by atoms with Gasteiger partial charge in [0.2, 0.25) is 0 Å². The maximum absolute atomic E-state index is 12.3. The average molecular weight is 359 g/mol. The Morgan fingerprint density at radius 1 is 1.12 bits per heavy atom. The third-order valence-corrected chi connectivity index (χ3v) is 6.13. The van der Waals surface area contributed by atoms with Gasteiger partial charge >= 0.3 is 0 Å². The van der Waals surface area contributed by atoms with E-state index in [4.69, 9.17) is 0 Å². The number of aryl methyl sites for hydroxylation is 2. The van der Waals surface area contributed by atoms with Crippen molar-refractivity contribution in [2.75, 3.05) is 16.8 Å².